The molecule has 0 aliphatic heterocycles. The van der Waals surface area contributed by atoms with Gasteiger partial charge in [0.2, 0.25) is 0 Å². The zero-order chi connectivity index (χ0) is 6.69. The molecule has 0 amide bonds. The number of aromatic nitrogens is 1. The molecular formula is C5H6Cl3NS. The predicted molar refractivity (Wildman–Crippen MR) is 40.2 cm³/mol. The highest BCUT2D eigenvalue weighted by Crippen LogP contribution is 2.03. The lowest BCUT2D eigenvalue weighted by Gasteiger charge is -1.82. The predicted octanol–water partition coefficient (Wildman–Crippen LogP) is -1.07. The van der Waals surface area contributed by atoms with Gasteiger partial charge in [-0.3, -0.25) is 0 Å². The third kappa shape index (κ3) is 2.62. The van der Waals surface area contributed by atoms with E-state index in [9.17, 15) is 0 Å². The summed E-state index contributed by atoms with van der Waals surface area (Å²) in [6, 6.07) is 1.86. The summed E-state index contributed by atoms with van der Waals surface area (Å²) in [5, 5.41) is 2.70. The molecule has 1 nitrogen and oxygen atoms in total. The molecule has 1 rings (SSSR count). The molecule has 0 aliphatic rings. The van der Waals surface area contributed by atoms with Crippen LogP contribution < -0.4 is 16.4 Å². The Morgan fingerprint density at radius 1 is 1.60 bits per heavy atom. The summed E-state index contributed by atoms with van der Waals surface area (Å²) in [6.07, 6.45) is 0. The van der Waals surface area contributed by atoms with Crippen molar-refractivity contribution in [3.05, 3.63) is 16.6 Å². The smallest absolute Gasteiger partial charge is 0.289 e. The van der Waals surface area contributed by atoms with Crippen LogP contribution in [0.2, 0.25) is 5.15 Å². The average Bonchev–Trinajstić information content (AvgIpc) is 2.18. The number of hydrogen-bond donors (Lipinski definition) is 0. The Morgan fingerprint density at radius 3 is 2.70 bits per heavy atom. The summed E-state index contributed by atoms with van der Waals surface area (Å²) >= 11 is 12.8. The summed E-state index contributed by atoms with van der Waals surface area (Å²) in [5.74, 6) is 0.616. The van der Waals surface area contributed by atoms with Gasteiger partial charge in [-0.05, 0) is 11.6 Å². The molecule has 0 radical (unpaired) electrons. The first-order valence-electron chi connectivity index (χ1n) is 2.54. The first kappa shape index (κ1) is 10.5. The van der Waals surface area contributed by atoms with Gasteiger partial charge in [0.25, 0.3) is 5.15 Å². The van der Waals surface area contributed by atoms with E-state index in [1.165, 1.54) is 0 Å². The first-order chi connectivity index (χ1) is 4.34. The van der Waals surface area contributed by atoms with E-state index in [1.54, 1.807) is 11.5 Å². The van der Waals surface area contributed by atoms with Crippen LogP contribution in [0.5, 0.6) is 0 Å². The number of aryl methyl sites for hydroxylation is 1. The van der Waals surface area contributed by atoms with Crippen molar-refractivity contribution < 1.29 is 16.4 Å². The van der Waals surface area contributed by atoms with Crippen molar-refractivity contribution >= 4 is 34.7 Å². The van der Waals surface area contributed by atoms with Crippen LogP contribution in [-0.4, -0.2) is 5.88 Å². The number of rotatable bonds is 2. The van der Waals surface area contributed by atoms with Gasteiger partial charge >= 0.3 is 0 Å². The molecule has 0 aromatic carbocycles. The molecule has 0 aliphatic carbocycles. The van der Waals surface area contributed by atoms with Crippen LogP contribution in [0.3, 0.4) is 0 Å². The lowest BCUT2D eigenvalue weighted by Crippen LogP contribution is -3.00. The van der Waals surface area contributed by atoms with Crippen LogP contribution in [-0.2, 0) is 6.54 Å². The van der Waals surface area contributed by atoms with Crippen molar-refractivity contribution in [1.82, 2.24) is 0 Å². The Kier molecular flexibility index (Phi) is 5.45. The van der Waals surface area contributed by atoms with Crippen molar-refractivity contribution in [2.24, 2.45) is 0 Å². The van der Waals surface area contributed by atoms with Gasteiger partial charge in [0.1, 0.15) is 11.5 Å². The van der Waals surface area contributed by atoms with Gasteiger partial charge in [-0.2, -0.15) is 0 Å². The summed E-state index contributed by atoms with van der Waals surface area (Å²) in [5.41, 5.74) is 0. The lowest BCUT2D eigenvalue weighted by atomic mass is 10.7. The second-order valence-corrected chi connectivity index (χ2v) is 3.21. The Balaban J connectivity index is 0.000000810. The maximum atomic E-state index is 5.73. The summed E-state index contributed by atoms with van der Waals surface area (Å²) < 4.78 is 1.94. The van der Waals surface area contributed by atoms with Crippen LogP contribution in [0.1, 0.15) is 0 Å². The van der Waals surface area contributed by atoms with E-state index in [0.717, 1.165) is 11.7 Å². The maximum absolute atomic E-state index is 5.73. The van der Waals surface area contributed by atoms with E-state index >= 15 is 0 Å². The lowest BCUT2D eigenvalue weighted by molar-refractivity contribution is -0.621. The van der Waals surface area contributed by atoms with Gasteiger partial charge in [0.05, 0.1) is 11.3 Å². The molecule has 0 saturated carbocycles. The zero-order valence-corrected chi connectivity index (χ0v) is 8.14. The summed E-state index contributed by atoms with van der Waals surface area (Å²) in [4.78, 5) is 0. The Hall–Kier alpha value is 0.500. The molecule has 0 unspecified atom stereocenters. The molecule has 0 fully saturated rings. The molecule has 0 saturated heterocycles. The fourth-order valence-electron chi connectivity index (χ4n) is 0.530. The van der Waals surface area contributed by atoms with Gasteiger partial charge in [0.15, 0.2) is 6.54 Å². The molecule has 0 bridgehead atoms. The highest BCUT2D eigenvalue weighted by Gasteiger charge is 2.07. The van der Waals surface area contributed by atoms with Crippen molar-refractivity contribution in [2.45, 2.75) is 6.54 Å². The third-order valence-corrected chi connectivity index (χ3v) is 2.41. The Morgan fingerprint density at radius 2 is 2.30 bits per heavy atom. The molecule has 58 valence electrons. The van der Waals surface area contributed by atoms with Gasteiger partial charge in [-0.1, -0.05) is 0 Å². The Bertz CT molecular complexity index is 189. The van der Waals surface area contributed by atoms with E-state index in [1.807, 2.05) is 15.4 Å². The minimum absolute atomic E-state index is 0. The number of alkyl halides is 1. The quantitative estimate of drug-likeness (QED) is 0.440. The molecule has 1 heterocycles. The first-order valence-corrected chi connectivity index (χ1v) is 4.29. The van der Waals surface area contributed by atoms with Gasteiger partial charge in [-0.15, -0.1) is 15.6 Å². The fraction of sp³-hybridized carbons (Fsp3) is 0.400. The van der Waals surface area contributed by atoms with E-state index in [4.69, 9.17) is 23.2 Å². The molecule has 1 aromatic heterocycles. The van der Waals surface area contributed by atoms with Crippen LogP contribution in [0, 0.1) is 0 Å². The average molecular weight is 219 g/mol. The maximum Gasteiger partial charge on any atom is 0.289 e. The second kappa shape index (κ2) is 5.19. The van der Waals surface area contributed by atoms with Gasteiger partial charge in [-0.25, -0.2) is 0 Å². The largest absolute Gasteiger partial charge is 1.00 e. The van der Waals surface area contributed by atoms with Crippen molar-refractivity contribution in [1.29, 1.82) is 0 Å². The SMILES string of the molecule is ClCC[n+]1sccc1Cl.[Cl-]. The van der Waals surface area contributed by atoms with Crippen molar-refractivity contribution in [3.8, 4) is 0 Å². The number of halogens is 3. The molecule has 0 spiro atoms. The summed E-state index contributed by atoms with van der Waals surface area (Å²) in [7, 11) is 0. The molecule has 10 heavy (non-hydrogen) atoms. The number of hydrogen-bond acceptors (Lipinski definition) is 1. The van der Waals surface area contributed by atoms with E-state index in [-0.39, 0.29) is 12.4 Å². The summed E-state index contributed by atoms with van der Waals surface area (Å²) in [6.45, 7) is 0.804. The van der Waals surface area contributed by atoms with Crippen LogP contribution >= 0.6 is 34.7 Å². The standard InChI is InChI=1S/C5H6Cl2NS.ClH/c6-2-3-8-5(7)1-4-9-8;/h1,4H,2-3H2;1H/q+1;/p-1. The minimum Gasteiger partial charge on any atom is -1.00 e. The normalized spacial score (nSPS) is 9.00. The zero-order valence-electron chi connectivity index (χ0n) is 5.06. The molecule has 1 aromatic rings. The number of nitrogens with zero attached hydrogens (tertiary/aromatic N) is 1. The Labute approximate surface area is 80.1 Å². The van der Waals surface area contributed by atoms with E-state index in [0.29, 0.717) is 5.88 Å². The highest BCUT2D eigenvalue weighted by atomic mass is 35.5. The topological polar surface area (TPSA) is 3.88 Å². The van der Waals surface area contributed by atoms with E-state index in [2.05, 4.69) is 0 Å². The molecular weight excluding hydrogens is 212 g/mol. The monoisotopic (exact) mass is 217 g/mol. The minimum atomic E-state index is 0. The molecule has 0 atom stereocenters. The third-order valence-electron chi connectivity index (χ3n) is 0.920. The highest BCUT2D eigenvalue weighted by molar-refractivity contribution is 6.99. The van der Waals surface area contributed by atoms with Crippen LogP contribution in [0.15, 0.2) is 11.4 Å². The van der Waals surface area contributed by atoms with E-state index < -0.39 is 0 Å². The molecule has 5 heteroatoms. The fourth-order valence-corrected chi connectivity index (χ4v) is 1.84. The van der Waals surface area contributed by atoms with Crippen LogP contribution in [0.25, 0.3) is 0 Å². The second-order valence-electron chi connectivity index (χ2n) is 1.52. The molecule has 0 N–H and O–H groups in total. The van der Waals surface area contributed by atoms with Crippen molar-refractivity contribution in [3.63, 3.8) is 0 Å². The van der Waals surface area contributed by atoms with Gasteiger partial charge in [0, 0.05) is 6.07 Å². The van der Waals surface area contributed by atoms with Crippen LogP contribution in [0.4, 0.5) is 0 Å². The van der Waals surface area contributed by atoms with Crippen molar-refractivity contribution in [2.75, 3.05) is 5.88 Å². The van der Waals surface area contributed by atoms with Gasteiger partial charge < -0.3 is 12.4 Å².